The first kappa shape index (κ1) is 29.8. The summed E-state index contributed by atoms with van der Waals surface area (Å²) in [5.41, 5.74) is 1.18. The van der Waals surface area contributed by atoms with Gasteiger partial charge in [0, 0.05) is 18.3 Å². The zero-order chi connectivity index (χ0) is 25.9. The number of alkyl carbamates (subject to hydrolysis) is 1. The van der Waals surface area contributed by atoms with E-state index < -0.39 is 23.8 Å². The van der Waals surface area contributed by atoms with E-state index in [4.69, 9.17) is 4.74 Å². The average molecular weight is 494 g/mol. The molecule has 1 aromatic rings. The molecule has 2 N–H and O–H groups in total. The maximum absolute atomic E-state index is 13.8. The van der Waals surface area contributed by atoms with E-state index in [0.717, 1.165) is 30.4 Å². The van der Waals surface area contributed by atoms with Crippen LogP contribution in [0, 0.1) is 0 Å². The van der Waals surface area contributed by atoms with Gasteiger partial charge in [-0.2, -0.15) is 12.6 Å². The predicted molar refractivity (Wildman–Crippen MR) is 140 cm³/mol. The molecule has 0 aromatic heterocycles. The van der Waals surface area contributed by atoms with Crippen LogP contribution >= 0.6 is 12.6 Å². The Kier molecular flexibility index (Phi) is 12.5. The van der Waals surface area contributed by atoms with Crippen LogP contribution in [0.1, 0.15) is 84.9 Å². The molecular formula is C26H43N3O4S. The van der Waals surface area contributed by atoms with E-state index in [1.807, 2.05) is 38.1 Å². The number of carbonyl (C=O) groups is 3. The Morgan fingerprint density at radius 3 is 2.18 bits per heavy atom. The van der Waals surface area contributed by atoms with Crippen molar-refractivity contribution in [3.63, 3.8) is 0 Å². The number of carbonyl (C=O) groups excluding carboxylic acids is 3. The van der Waals surface area contributed by atoms with Gasteiger partial charge in [-0.05, 0) is 58.1 Å². The smallest absolute Gasteiger partial charge is 0.408 e. The van der Waals surface area contributed by atoms with E-state index in [2.05, 4.69) is 37.1 Å². The zero-order valence-electron chi connectivity index (χ0n) is 21.8. The molecule has 0 fully saturated rings. The van der Waals surface area contributed by atoms with Gasteiger partial charge < -0.3 is 20.3 Å². The molecule has 34 heavy (non-hydrogen) atoms. The van der Waals surface area contributed by atoms with Gasteiger partial charge in [-0.3, -0.25) is 9.59 Å². The lowest BCUT2D eigenvalue weighted by Crippen LogP contribution is -2.56. The highest BCUT2D eigenvalue weighted by Crippen LogP contribution is 2.27. The van der Waals surface area contributed by atoms with Crippen LogP contribution in [0.25, 0.3) is 0 Å². The van der Waals surface area contributed by atoms with Gasteiger partial charge in [-0.15, -0.1) is 0 Å². The Labute approximate surface area is 210 Å². The van der Waals surface area contributed by atoms with Crippen molar-refractivity contribution in [1.29, 1.82) is 0 Å². The predicted octanol–water partition coefficient (Wildman–Crippen LogP) is 4.66. The molecule has 0 aliphatic carbocycles. The van der Waals surface area contributed by atoms with Gasteiger partial charge in [-0.25, -0.2) is 4.79 Å². The summed E-state index contributed by atoms with van der Waals surface area (Å²) in [6.45, 7) is 13.8. The number of benzene rings is 1. The molecule has 8 heteroatoms. The van der Waals surface area contributed by atoms with E-state index in [0.29, 0.717) is 13.0 Å². The van der Waals surface area contributed by atoms with Gasteiger partial charge >= 0.3 is 6.09 Å². The third-order valence-corrected chi connectivity index (χ3v) is 5.92. The Hall–Kier alpha value is -2.22. The first-order valence-corrected chi connectivity index (χ1v) is 12.9. The highest BCUT2D eigenvalue weighted by molar-refractivity contribution is 7.80. The molecule has 3 unspecified atom stereocenters. The molecule has 192 valence electrons. The molecule has 7 nitrogen and oxygen atoms in total. The molecule has 0 aliphatic heterocycles. The number of hydrogen-bond acceptors (Lipinski definition) is 5. The third kappa shape index (κ3) is 9.20. The number of unbranched alkanes of at least 4 members (excludes halogenated alkanes) is 1. The molecule has 3 amide bonds. The maximum atomic E-state index is 13.8. The SMILES string of the molecule is CCCCNC(=O)C(c1ccc(CC)cc1)N(C(=O)C(CS)NC(=O)OC(C)(C)C)C(C)CC. The van der Waals surface area contributed by atoms with Gasteiger partial charge in [-0.1, -0.05) is 51.5 Å². The van der Waals surface area contributed by atoms with Gasteiger partial charge in [0.2, 0.25) is 11.8 Å². The number of nitrogens with one attached hydrogen (secondary N) is 2. The lowest BCUT2D eigenvalue weighted by molar-refractivity contribution is -0.144. The minimum atomic E-state index is -0.937. The molecule has 1 rings (SSSR count). The second-order valence-electron chi connectivity index (χ2n) is 9.53. The van der Waals surface area contributed by atoms with Crippen LogP contribution in [0.15, 0.2) is 24.3 Å². The van der Waals surface area contributed by atoms with Crippen molar-refractivity contribution in [2.75, 3.05) is 12.3 Å². The fraction of sp³-hybridized carbons (Fsp3) is 0.654. The standard InChI is InChI=1S/C26H43N3O4S/c1-8-11-16-27-23(30)22(20-14-12-19(10-3)13-15-20)29(18(4)9-2)24(31)21(17-34)28-25(32)33-26(5,6)7/h12-15,18,21-22,34H,8-11,16-17H2,1-7H3,(H,27,30)(H,28,32). The zero-order valence-corrected chi connectivity index (χ0v) is 22.7. The Morgan fingerprint density at radius 2 is 1.71 bits per heavy atom. The van der Waals surface area contributed by atoms with Crippen molar-refractivity contribution >= 4 is 30.5 Å². The molecule has 0 spiro atoms. The summed E-state index contributed by atoms with van der Waals surface area (Å²) in [5, 5.41) is 5.63. The second kappa shape index (κ2) is 14.2. The van der Waals surface area contributed by atoms with Gasteiger partial charge in [0.25, 0.3) is 0 Å². The quantitative estimate of drug-likeness (QED) is 0.292. The Morgan fingerprint density at radius 1 is 1.09 bits per heavy atom. The van der Waals surface area contributed by atoms with E-state index in [1.165, 1.54) is 0 Å². The van der Waals surface area contributed by atoms with Crippen molar-refractivity contribution in [2.24, 2.45) is 0 Å². The van der Waals surface area contributed by atoms with Crippen LogP contribution in [0.3, 0.4) is 0 Å². The van der Waals surface area contributed by atoms with Gasteiger partial charge in [0.05, 0.1) is 0 Å². The van der Waals surface area contributed by atoms with Crippen molar-refractivity contribution in [3.05, 3.63) is 35.4 Å². The van der Waals surface area contributed by atoms with E-state index in [9.17, 15) is 14.4 Å². The van der Waals surface area contributed by atoms with E-state index >= 15 is 0 Å². The first-order chi connectivity index (χ1) is 16.0. The van der Waals surface area contributed by atoms with Gasteiger partial charge in [0.1, 0.15) is 17.7 Å². The summed E-state index contributed by atoms with van der Waals surface area (Å²) in [6, 6.07) is 5.76. The Bertz CT molecular complexity index is 792. The van der Waals surface area contributed by atoms with Crippen molar-refractivity contribution < 1.29 is 19.1 Å². The lowest BCUT2D eigenvalue weighted by atomic mass is 9.98. The second-order valence-corrected chi connectivity index (χ2v) is 9.89. The molecule has 0 bridgehead atoms. The molecule has 0 saturated heterocycles. The Balaban J connectivity index is 3.38. The first-order valence-electron chi connectivity index (χ1n) is 12.3. The number of ether oxygens (including phenoxy) is 1. The monoisotopic (exact) mass is 493 g/mol. The fourth-order valence-electron chi connectivity index (χ4n) is 3.47. The highest BCUT2D eigenvalue weighted by atomic mass is 32.1. The largest absolute Gasteiger partial charge is 0.444 e. The van der Waals surface area contributed by atoms with Gasteiger partial charge in [0.15, 0.2) is 0 Å². The van der Waals surface area contributed by atoms with Crippen LogP contribution < -0.4 is 10.6 Å². The normalized spacial score (nSPS) is 14.0. The third-order valence-electron chi connectivity index (χ3n) is 5.55. The van der Waals surface area contributed by atoms with Crippen molar-refractivity contribution in [3.8, 4) is 0 Å². The van der Waals surface area contributed by atoms with Crippen LogP contribution in [0.5, 0.6) is 0 Å². The van der Waals surface area contributed by atoms with Crippen LogP contribution in [0.2, 0.25) is 0 Å². The number of nitrogens with zero attached hydrogens (tertiary/aromatic N) is 1. The molecule has 0 aliphatic rings. The number of aryl methyl sites for hydroxylation is 1. The highest BCUT2D eigenvalue weighted by Gasteiger charge is 2.38. The number of rotatable bonds is 12. The topological polar surface area (TPSA) is 87.7 Å². The molecule has 1 aromatic carbocycles. The molecule has 3 atom stereocenters. The fourth-order valence-corrected chi connectivity index (χ4v) is 3.72. The van der Waals surface area contributed by atoms with Crippen LogP contribution in [-0.4, -0.2) is 52.8 Å². The minimum absolute atomic E-state index is 0.0734. The van der Waals surface area contributed by atoms with E-state index in [-0.39, 0.29) is 23.6 Å². The van der Waals surface area contributed by atoms with E-state index in [1.54, 1.807) is 25.7 Å². The van der Waals surface area contributed by atoms with Crippen molar-refractivity contribution in [2.45, 2.75) is 97.9 Å². The maximum Gasteiger partial charge on any atom is 0.408 e. The summed E-state index contributed by atoms with van der Waals surface area (Å²) in [4.78, 5) is 41.2. The number of hydrogen-bond donors (Lipinski definition) is 3. The number of thiol groups is 1. The molecule has 0 heterocycles. The minimum Gasteiger partial charge on any atom is -0.444 e. The molecule has 0 saturated carbocycles. The molecular weight excluding hydrogens is 450 g/mol. The summed E-state index contributed by atoms with van der Waals surface area (Å²) < 4.78 is 5.34. The van der Waals surface area contributed by atoms with Crippen LogP contribution in [-0.2, 0) is 20.7 Å². The summed E-state index contributed by atoms with van der Waals surface area (Å²) in [6.07, 6.45) is 2.63. The lowest BCUT2D eigenvalue weighted by Gasteiger charge is -2.38. The summed E-state index contributed by atoms with van der Waals surface area (Å²) >= 11 is 4.32. The summed E-state index contributed by atoms with van der Waals surface area (Å²) in [7, 11) is 0. The average Bonchev–Trinajstić information content (AvgIpc) is 2.79. The van der Waals surface area contributed by atoms with Crippen LogP contribution in [0.4, 0.5) is 4.79 Å². The molecule has 0 radical (unpaired) electrons. The summed E-state index contributed by atoms with van der Waals surface area (Å²) in [5.74, 6) is -0.531. The number of amides is 3. The van der Waals surface area contributed by atoms with Crippen molar-refractivity contribution in [1.82, 2.24) is 15.5 Å².